The number of rotatable bonds is 7. The topological polar surface area (TPSA) is 57.2 Å². The molecule has 0 N–H and O–H groups in total. The first-order valence-corrected chi connectivity index (χ1v) is 9.07. The first kappa shape index (κ1) is 20.7. The number of likely N-dealkylation sites (tertiary alicyclic amines) is 1. The summed E-state index contributed by atoms with van der Waals surface area (Å²) in [5.74, 6) is 0. The Hall–Kier alpha value is -0.370. The summed E-state index contributed by atoms with van der Waals surface area (Å²) in [5, 5.41) is 0.642. The Morgan fingerprint density at radius 3 is 2.35 bits per heavy atom. The highest BCUT2D eigenvalue weighted by atomic mass is 79.9. The molecule has 136 valence electrons. The number of hydrogen-bond donors (Lipinski definition) is 0. The summed E-state index contributed by atoms with van der Waals surface area (Å²) >= 11 is 3.55. The van der Waals surface area contributed by atoms with Crippen molar-refractivity contribution in [1.29, 1.82) is 0 Å². The Morgan fingerprint density at radius 1 is 1.26 bits per heavy atom. The summed E-state index contributed by atoms with van der Waals surface area (Å²) in [7, 11) is 3.28. The number of hydrogen-bond acceptors (Lipinski definition) is 5. The van der Waals surface area contributed by atoms with E-state index < -0.39 is 11.2 Å². The van der Waals surface area contributed by atoms with E-state index in [2.05, 4.69) is 15.9 Å². The zero-order chi connectivity index (χ0) is 17.5. The molecule has 0 spiro atoms. The summed E-state index contributed by atoms with van der Waals surface area (Å²) < 4.78 is 22.2. The maximum Gasteiger partial charge on any atom is 0.410 e. The summed E-state index contributed by atoms with van der Waals surface area (Å²) in [6.07, 6.45) is 1.29. The van der Waals surface area contributed by atoms with Gasteiger partial charge in [-0.05, 0) is 33.6 Å². The number of methoxy groups -OCH3 is 2. The molecule has 23 heavy (non-hydrogen) atoms. The highest BCUT2D eigenvalue weighted by Crippen LogP contribution is 2.30. The minimum absolute atomic E-state index is 0.166. The fourth-order valence-corrected chi connectivity index (χ4v) is 3.25. The fourth-order valence-electron chi connectivity index (χ4n) is 2.66. The zero-order valence-electron chi connectivity index (χ0n) is 14.9. The zero-order valence-corrected chi connectivity index (χ0v) is 16.5. The second kappa shape index (κ2) is 9.20. The van der Waals surface area contributed by atoms with Crippen molar-refractivity contribution in [1.82, 2.24) is 4.90 Å². The van der Waals surface area contributed by atoms with E-state index in [1.54, 1.807) is 19.1 Å². The normalized spacial score (nSPS) is 22.5. The molecule has 0 saturated carbocycles. The summed E-state index contributed by atoms with van der Waals surface area (Å²) in [5.41, 5.74) is -0.946. The molecule has 1 heterocycles. The average Bonchev–Trinajstić information content (AvgIpc) is 2.46. The molecular formula is C16H30BrNO5. The van der Waals surface area contributed by atoms with E-state index in [1.807, 2.05) is 20.8 Å². The predicted molar refractivity (Wildman–Crippen MR) is 92.2 cm³/mol. The summed E-state index contributed by atoms with van der Waals surface area (Å²) in [6, 6.07) is 0. The van der Waals surface area contributed by atoms with Gasteiger partial charge in [-0.25, -0.2) is 4.79 Å². The molecule has 1 unspecified atom stereocenters. The number of ether oxygens (including phenoxy) is 4. The molecule has 0 bridgehead atoms. The van der Waals surface area contributed by atoms with Crippen LogP contribution >= 0.6 is 15.9 Å². The van der Waals surface area contributed by atoms with Crippen LogP contribution in [0, 0.1) is 0 Å². The van der Waals surface area contributed by atoms with E-state index >= 15 is 0 Å². The lowest BCUT2D eigenvalue weighted by Gasteiger charge is -2.43. The Kier molecular flexibility index (Phi) is 8.27. The third-order valence-corrected chi connectivity index (χ3v) is 4.58. The standard InChI is InChI=1S/C16H30BrNO5/c1-15(2,3)23-14(19)18-8-6-7-16(11-17,12-18)22-13(9-20-4)10-21-5/h13H,6-12H2,1-5H3. The van der Waals surface area contributed by atoms with E-state index in [0.29, 0.717) is 31.6 Å². The smallest absolute Gasteiger partial charge is 0.410 e. The number of carbonyl (C=O) groups is 1. The van der Waals surface area contributed by atoms with Crippen molar-refractivity contribution >= 4 is 22.0 Å². The van der Waals surface area contributed by atoms with Crippen LogP contribution in [0.25, 0.3) is 0 Å². The van der Waals surface area contributed by atoms with Crippen molar-refractivity contribution < 1.29 is 23.7 Å². The van der Waals surface area contributed by atoms with Crippen molar-refractivity contribution in [3.05, 3.63) is 0 Å². The lowest BCUT2D eigenvalue weighted by molar-refractivity contribution is -0.144. The average molecular weight is 396 g/mol. The quantitative estimate of drug-likeness (QED) is 0.620. The van der Waals surface area contributed by atoms with Gasteiger partial charge in [0.1, 0.15) is 11.7 Å². The molecule has 0 radical (unpaired) electrons. The van der Waals surface area contributed by atoms with Gasteiger partial charge in [0.25, 0.3) is 0 Å². The van der Waals surface area contributed by atoms with E-state index in [-0.39, 0.29) is 12.2 Å². The molecule has 1 amide bonds. The summed E-state index contributed by atoms with van der Waals surface area (Å²) in [4.78, 5) is 14.1. The van der Waals surface area contributed by atoms with Crippen molar-refractivity contribution in [2.24, 2.45) is 0 Å². The molecule has 0 aromatic carbocycles. The van der Waals surface area contributed by atoms with Gasteiger partial charge < -0.3 is 23.8 Å². The van der Waals surface area contributed by atoms with Crippen LogP contribution in [-0.4, -0.2) is 74.2 Å². The number of alkyl halides is 1. The fraction of sp³-hybridized carbons (Fsp3) is 0.938. The molecule has 0 aliphatic carbocycles. The Balaban J connectivity index is 2.75. The van der Waals surface area contributed by atoms with Crippen LogP contribution in [-0.2, 0) is 18.9 Å². The number of amides is 1. The Morgan fingerprint density at radius 2 is 1.87 bits per heavy atom. The second-order valence-corrected chi connectivity index (χ2v) is 7.53. The van der Waals surface area contributed by atoms with Gasteiger partial charge in [0.05, 0.1) is 25.4 Å². The van der Waals surface area contributed by atoms with Gasteiger partial charge in [-0.1, -0.05) is 15.9 Å². The van der Waals surface area contributed by atoms with Crippen LogP contribution in [0.4, 0.5) is 4.79 Å². The van der Waals surface area contributed by atoms with Crippen LogP contribution in [0.5, 0.6) is 0 Å². The molecule has 1 atom stereocenters. The van der Waals surface area contributed by atoms with Gasteiger partial charge in [-0.2, -0.15) is 0 Å². The largest absolute Gasteiger partial charge is 0.444 e. The summed E-state index contributed by atoms with van der Waals surface area (Å²) in [6.45, 7) is 7.70. The van der Waals surface area contributed by atoms with E-state index in [0.717, 1.165) is 12.8 Å². The van der Waals surface area contributed by atoms with Gasteiger partial charge in [0, 0.05) is 26.1 Å². The van der Waals surface area contributed by atoms with Crippen molar-refractivity contribution in [3.8, 4) is 0 Å². The van der Waals surface area contributed by atoms with Gasteiger partial charge in [0.2, 0.25) is 0 Å². The Bertz CT molecular complexity index is 368. The SMILES string of the molecule is COCC(COC)OC1(CBr)CCCN(C(=O)OC(C)(C)C)C1. The van der Waals surface area contributed by atoms with E-state index in [4.69, 9.17) is 18.9 Å². The third kappa shape index (κ3) is 6.95. The third-order valence-electron chi connectivity index (χ3n) is 3.56. The van der Waals surface area contributed by atoms with Gasteiger partial charge in [-0.3, -0.25) is 0 Å². The number of nitrogens with zero attached hydrogens (tertiary/aromatic N) is 1. The molecule has 1 fully saturated rings. The first-order valence-electron chi connectivity index (χ1n) is 7.95. The molecule has 1 aliphatic rings. The number of halogens is 1. The van der Waals surface area contributed by atoms with Gasteiger partial charge in [-0.15, -0.1) is 0 Å². The minimum atomic E-state index is -0.499. The van der Waals surface area contributed by atoms with E-state index in [1.165, 1.54) is 0 Å². The molecule has 0 aromatic rings. The highest BCUT2D eigenvalue weighted by Gasteiger charge is 2.40. The number of piperidine rings is 1. The lowest BCUT2D eigenvalue weighted by atomic mass is 9.94. The molecular weight excluding hydrogens is 366 g/mol. The molecule has 7 heteroatoms. The van der Waals surface area contributed by atoms with Crippen LogP contribution in [0.2, 0.25) is 0 Å². The van der Waals surface area contributed by atoms with Crippen LogP contribution in [0.15, 0.2) is 0 Å². The highest BCUT2D eigenvalue weighted by molar-refractivity contribution is 9.09. The lowest BCUT2D eigenvalue weighted by Crippen LogP contribution is -2.55. The minimum Gasteiger partial charge on any atom is -0.444 e. The van der Waals surface area contributed by atoms with Gasteiger partial charge >= 0.3 is 6.09 Å². The first-order chi connectivity index (χ1) is 10.7. The Labute approximate surface area is 147 Å². The van der Waals surface area contributed by atoms with Crippen molar-refractivity contribution in [3.63, 3.8) is 0 Å². The predicted octanol–water partition coefficient (Wildman–Crippen LogP) is 2.83. The second-order valence-electron chi connectivity index (χ2n) is 6.97. The van der Waals surface area contributed by atoms with E-state index in [9.17, 15) is 4.79 Å². The molecule has 0 aromatic heterocycles. The van der Waals surface area contributed by atoms with Crippen LogP contribution in [0.1, 0.15) is 33.6 Å². The van der Waals surface area contributed by atoms with Crippen LogP contribution in [0.3, 0.4) is 0 Å². The molecule has 1 aliphatic heterocycles. The van der Waals surface area contributed by atoms with Crippen molar-refractivity contribution in [2.75, 3.05) is 45.9 Å². The van der Waals surface area contributed by atoms with Crippen molar-refractivity contribution in [2.45, 2.75) is 50.9 Å². The molecule has 6 nitrogen and oxygen atoms in total. The molecule has 1 saturated heterocycles. The molecule has 1 rings (SSSR count). The monoisotopic (exact) mass is 395 g/mol. The van der Waals surface area contributed by atoms with Gasteiger partial charge in [0.15, 0.2) is 0 Å². The maximum absolute atomic E-state index is 12.3. The van der Waals surface area contributed by atoms with Crippen LogP contribution < -0.4 is 0 Å². The number of carbonyl (C=O) groups excluding carboxylic acids is 1. The maximum atomic E-state index is 12.3.